The summed E-state index contributed by atoms with van der Waals surface area (Å²) in [7, 11) is 3.37. The molecule has 8 nitrogen and oxygen atoms in total. The SMILES string of the molecule is CCNC(=NCCCN1CCC(O)CC1)NC1CCN(Cc2cc(OC)cc(OC)c2)C1.I. The maximum absolute atomic E-state index is 9.63. The number of aliphatic imine (C=N–C) groups is 1. The largest absolute Gasteiger partial charge is 0.497 e. The van der Waals surface area contributed by atoms with E-state index in [0.29, 0.717) is 6.04 Å². The topological polar surface area (TPSA) is 81.6 Å². The van der Waals surface area contributed by atoms with Crippen LogP contribution in [0.15, 0.2) is 23.2 Å². The van der Waals surface area contributed by atoms with E-state index in [1.807, 2.05) is 6.07 Å². The lowest BCUT2D eigenvalue weighted by Gasteiger charge is -2.29. The van der Waals surface area contributed by atoms with Gasteiger partial charge in [0, 0.05) is 57.9 Å². The van der Waals surface area contributed by atoms with Gasteiger partial charge in [-0.1, -0.05) is 0 Å². The highest BCUT2D eigenvalue weighted by atomic mass is 127. The van der Waals surface area contributed by atoms with Crippen molar-refractivity contribution in [1.82, 2.24) is 20.4 Å². The number of halogens is 1. The fourth-order valence-electron chi connectivity index (χ4n) is 4.45. The van der Waals surface area contributed by atoms with Crippen LogP contribution in [0, 0.1) is 0 Å². The van der Waals surface area contributed by atoms with E-state index in [1.165, 1.54) is 5.56 Å². The van der Waals surface area contributed by atoms with E-state index in [1.54, 1.807) is 14.2 Å². The molecule has 2 heterocycles. The number of guanidine groups is 1. The number of aliphatic hydroxyl groups excluding tert-OH is 1. The van der Waals surface area contributed by atoms with E-state index in [4.69, 9.17) is 14.5 Å². The second kappa shape index (κ2) is 14.9. The number of piperidine rings is 1. The van der Waals surface area contributed by atoms with Crippen molar-refractivity contribution in [3.8, 4) is 11.5 Å². The van der Waals surface area contributed by atoms with E-state index in [9.17, 15) is 5.11 Å². The number of likely N-dealkylation sites (tertiary alicyclic amines) is 2. The number of hydrogen-bond donors (Lipinski definition) is 3. The first-order chi connectivity index (χ1) is 15.6. The van der Waals surface area contributed by atoms with Gasteiger partial charge < -0.3 is 30.1 Å². The van der Waals surface area contributed by atoms with E-state index in [-0.39, 0.29) is 30.1 Å². The minimum atomic E-state index is -0.106. The highest BCUT2D eigenvalue weighted by Crippen LogP contribution is 2.24. The molecule has 2 aliphatic rings. The standard InChI is InChI=1S/C24H41N5O3.HI/c1-4-25-24(26-9-5-10-28-12-7-21(30)8-13-28)27-20-6-11-29(18-20)17-19-14-22(31-2)16-23(15-19)32-3;/h14-16,20-21,30H,4-13,17-18H2,1-3H3,(H2,25,26,27);1H. The quantitative estimate of drug-likeness (QED) is 0.171. The van der Waals surface area contributed by atoms with Crippen LogP contribution in [0.4, 0.5) is 0 Å². The molecule has 188 valence electrons. The maximum atomic E-state index is 9.63. The van der Waals surface area contributed by atoms with Gasteiger partial charge in [-0.2, -0.15) is 0 Å². The average molecular weight is 576 g/mol. The zero-order valence-corrected chi connectivity index (χ0v) is 22.7. The van der Waals surface area contributed by atoms with Gasteiger partial charge in [0.1, 0.15) is 11.5 Å². The van der Waals surface area contributed by atoms with Gasteiger partial charge in [0.05, 0.1) is 20.3 Å². The number of ether oxygens (including phenoxy) is 2. The van der Waals surface area contributed by atoms with Crippen molar-refractivity contribution in [1.29, 1.82) is 0 Å². The second-order valence-electron chi connectivity index (χ2n) is 8.77. The van der Waals surface area contributed by atoms with E-state index < -0.39 is 0 Å². The summed E-state index contributed by atoms with van der Waals surface area (Å²) in [5, 5.41) is 16.6. The van der Waals surface area contributed by atoms with E-state index in [2.05, 4.69) is 39.5 Å². The molecule has 3 N–H and O–H groups in total. The lowest BCUT2D eigenvalue weighted by Crippen LogP contribution is -2.44. The van der Waals surface area contributed by atoms with Crippen molar-refractivity contribution in [2.45, 2.75) is 51.3 Å². The van der Waals surface area contributed by atoms with Crippen LogP contribution in [-0.4, -0.2) is 93.0 Å². The monoisotopic (exact) mass is 575 g/mol. The number of nitrogens with one attached hydrogen (secondary N) is 2. The highest BCUT2D eigenvalue weighted by molar-refractivity contribution is 14.0. The Morgan fingerprint density at radius 2 is 1.73 bits per heavy atom. The Bertz CT molecular complexity index is 706. The van der Waals surface area contributed by atoms with Crippen molar-refractivity contribution in [3.05, 3.63) is 23.8 Å². The molecule has 0 radical (unpaired) electrons. The third-order valence-corrected chi connectivity index (χ3v) is 6.23. The number of rotatable bonds is 10. The first-order valence-corrected chi connectivity index (χ1v) is 12.0. The van der Waals surface area contributed by atoms with Gasteiger partial charge in [0.15, 0.2) is 5.96 Å². The van der Waals surface area contributed by atoms with Crippen molar-refractivity contribution < 1.29 is 14.6 Å². The normalized spacial score (nSPS) is 20.4. The summed E-state index contributed by atoms with van der Waals surface area (Å²) in [6, 6.07) is 6.46. The van der Waals surface area contributed by atoms with Crippen LogP contribution < -0.4 is 20.1 Å². The molecule has 1 aromatic carbocycles. The molecular formula is C24H42IN5O3. The zero-order valence-electron chi connectivity index (χ0n) is 20.4. The minimum absolute atomic E-state index is 0. The number of benzene rings is 1. The van der Waals surface area contributed by atoms with Crippen molar-refractivity contribution in [2.75, 3.05) is 60.0 Å². The molecule has 9 heteroatoms. The van der Waals surface area contributed by atoms with E-state index >= 15 is 0 Å². The molecule has 1 atom stereocenters. The number of hydrogen-bond acceptors (Lipinski definition) is 6. The highest BCUT2D eigenvalue weighted by Gasteiger charge is 2.23. The van der Waals surface area contributed by atoms with Crippen LogP contribution in [0.3, 0.4) is 0 Å². The summed E-state index contributed by atoms with van der Waals surface area (Å²) in [6.45, 7) is 9.75. The van der Waals surface area contributed by atoms with Crippen LogP contribution in [0.5, 0.6) is 11.5 Å². The van der Waals surface area contributed by atoms with Crippen LogP contribution in [0.2, 0.25) is 0 Å². The Morgan fingerprint density at radius 1 is 1.06 bits per heavy atom. The van der Waals surface area contributed by atoms with Crippen LogP contribution >= 0.6 is 24.0 Å². The van der Waals surface area contributed by atoms with Crippen LogP contribution in [0.25, 0.3) is 0 Å². The fraction of sp³-hybridized carbons (Fsp3) is 0.708. The molecule has 2 saturated heterocycles. The van der Waals surface area contributed by atoms with Gasteiger partial charge in [0.2, 0.25) is 0 Å². The maximum Gasteiger partial charge on any atom is 0.191 e. The Labute approximate surface area is 216 Å². The fourth-order valence-corrected chi connectivity index (χ4v) is 4.45. The Kier molecular flexibility index (Phi) is 12.6. The Hall–Kier alpha value is -1.30. The van der Waals surface area contributed by atoms with Gasteiger partial charge in [-0.25, -0.2) is 0 Å². The predicted octanol–water partition coefficient (Wildman–Crippen LogP) is 2.30. The summed E-state index contributed by atoms with van der Waals surface area (Å²) in [6.07, 6.45) is 3.83. The molecule has 1 aromatic rings. The van der Waals surface area contributed by atoms with Crippen molar-refractivity contribution >= 4 is 29.9 Å². The second-order valence-corrected chi connectivity index (χ2v) is 8.77. The smallest absolute Gasteiger partial charge is 0.191 e. The van der Waals surface area contributed by atoms with E-state index in [0.717, 1.165) is 95.5 Å². The molecule has 0 aromatic heterocycles. The molecule has 0 amide bonds. The molecule has 0 saturated carbocycles. The molecule has 2 fully saturated rings. The van der Waals surface area contributed by atoms with Crippen LogP contribution in [0.1, 0.15) is 38.2 Å². The molecule has 2 aliphatic heterocycles. The first kappa shape index (κ1) is 27.9. The average Bonchev–Trinajstić information content (AvgIpc) is 3.24. The molecule has 0 spiro atoms. The molecule has 3 rings (SSSR count). The van der Waals surface area contributed by atoms with Gasteiger partial charge in [-0.05, 0) is 56.8 Å². The molecule has 1 unspecified atom stereocenters. The first-order valence-electron chi connectivity index (χ1n) is 12.0. The van der Waals surface area contributed by atoms with Crippen LogP contribution in [-0.2, 0) is 6.54 Å². The molecule has 0 bridgehead atoms. The molecule has 0 aliphatic carbocycles. The summed E-state index contributed by atoms with van der Waals surface area (Å²) < 4.78 is 10.8. The minimum Gasteiger partial charge on any atom is -0.497 e. The van der Waals surface area contributed by atoms with Crippen molar-refractivity contribution in [3.63, 3.8) is 0 Å². The predicted molar refractivity (Wildman–Crippen MR) is 144 cm³/mol. The van der Waals surface area contributed by atoms with Gasteiger partial charge in [0.25, 0.3) is 0 Å². The zero-order chi connectivity index (χ0) is 22.8. The summed E-state index contributed by atoms with van der Waals surface area (Å²) >= 11 is 0. The third kappa shape index (κ3) is 9.46. The number of aliphatic hydroxyl groups is 1. The molecule has 33 heavy (non-hydrogen) atoms. The Morgan fingerprint density at radius 3 is 2.36 bits per heavy atom. The van der Waals surface area contributed by atoms with Gasteiger partial charge in [-0.15, -0.1) is 24.0 Å². The Balaban J connectivity index is 0.00000385. The number of nitrogens with zero attached hydrogens (tertiary/aromatic N) is 3. The third-order valence-electron chi connectivity index (χ3n) is 6.23. The summed E-state index contributed by atoms with van der Waals surface area (Å²) in [5.41, 5.74) is 1.20. The summed E-state index contributed by atoms with van der Waals surface area (Å²) in [4.78, 5) is 9.69. The van der Waals surface area contributed by atoms with Gasteiger partial charge >= 0.3 is 0 Å². The summed E-state index contributed by atoms with van der Waals surface area (Å²) in [5.74, 6) is 2.57. The number of methoxy groups -OCH3 is 2. The van der Waals surface area contributed by atoms with Crippen molar-refractivity contribution in [2.24, 2.45) is 4.99 Å². The molecular weight excluding hydrogens is 533 g/mol. The lowest BCUT2D eigenvalue weighted by molar-refractivity contribution is 0.0824. The van der Waals surface area contributed by atoms with Gasteiger partial charge in [-0.3, -0.25) is 9.89 Å². The lowest BCUT2D eigenvalue weighted by atomic mass is 10.1.